The highest BCUT2D eigenvalue weighted by Gasteiger charge is 2.40. The molecule has 6 rings (SSSR count). The van der Waals surface area contributed by atoms with Gasteiger partial charge in [-0.2, -0.15) is 0 Å². The highest BCUT2D eigenvalue weighted by atomic mass is 16.2. The molecule has 9 nitrogen and oxygen atoms in total. The van der Waals surface area contributed by atoms with Crippen molar-refractivity contribution in [1.29, 1.82) is 5.41 Å². The summed E-state index contributed by atoms with van der Waals surface area (Å²) < 4.78 is 0. The number of anilines is 1. The number of allylic oxidation sites excluding steroid dienone is 2. The number of fused-ring (bicyclic) bond motifs is 1. The number of piperazine rings is 1. The Labute approximate surface area is 259 Å². The fraction of sp³-hybridized carbons (Fsp3) is 0.429. The van der Waals surface area contributed by atoms with E-state index < -0.39 is 5.91 Å². The number of carbonyl (C=O) groups is 3. The molecule has 44 heavy (non-hydrogen) atoms. The second-order valence-corrected chi connectivity index (χ2v) is 13.0. The van der Waals surface area contributed by atoms with Crippen LogP contribution in [0.3, 0.4) is 0 Å². The summed E-state index contributed by atoms with van der Waals surface area (Å²) >= 11 is 0. The minimum absolute atomic E-state index is 0.0491. The van der Waals surface area contributed by atoms with Crippen molar-refractivity contribution in [3.63, 3.8) is 0 Å². The molecule has 0 radical (unpaired) electrons. The Kier molecular flexibility index (Phi) is 8.16. The summed E-state index contributed by atoms with van der Waals surface area (Å²) in [6, 6.07) is 12.7. The molecule has 230 valence electrons. The number of primary amides is 1. The summed E-state index contributed by atoms with van der Waals surface area (Å²) in [4.78, 5) is 44.1. The van der Waals surface area contributed by atoms with E-state index in [1.165, 1.54) is 11.1 Å². The Morgan fingerprint density at radius 1 is 0.977 bits per heavy atom. The smallest absolute Gasteiger partial charge is 0.253 e. The van der Waals surface area contributed by atoms with Gasteiger partial charge in [-0.05, 0) is 74.7 Å². The number of nitrogens with one attached hydrogen (secondary N) is 2. The van der Waals surface area contributed by atoms with Crippen LogP contribution >= 0.6 is 0 Å². The van der Waals surface area contributed by atoms with Gasteiger partial charge in [0, 0.05) is 55.5 Å². The number of rotatable bonds is 7. The van der Waals surface area contributed by atoms with E-state index in [4.69, 9.17) is 5.73 Å². The van der Waals surface area contributed by atoms with Crippen LogP contribution < -0.4 is 11.1 Å². The van der Waals surface area contributed by atoms with E-state index in [2.05, 4.69) is 43.4 Å². The number of likely N-dealkylation sites (N-methyl/N-ethyl adjacent to an activating group) is 1. The first-order valence-corrected chi connectivity index (χ1v) is 15.6. The third-order valence-corrected chi connectivity index (χ3v) is 9.40. The minimum Gasteiger partial charge on any atom is -0.377 e. The van der Waals surface area contributed by atoms with Gasteiger partial charge in [0.1, 0.15) is 0 Å². The van der Waals surface area contributed by atoms with Crippen molar-refractivity contribution >= 4 is 29.1 Å². The van der Waals surface area contributed by atoms with Gasteiger partial charge >= 0.3 is 0 Å². The zero-order valence-corrected chi connectivity index (χ0v) is 25.8. The molecule has 2 aliphatic heterocycles. The lowest BCUT2D eigenvalue weighted by atomic mass is 9.72. The van der Waals surface area contributed by atoms with Crippen molar-refractivity contribution < 1.29 is 14.4 Å². The number of hydrogen-bond donors (Lipinski definition) is 3. The second-order valence-electron chi connectivity index (χ2n) is 13.0. The summed E-state index contributed by atoms with van der Waals surface area (Å²) in [5, 5.41) is 13.1. The fourth-order valence-electron chi connectivity index (χ4n) is 7.00. The summed E-state index contributed by atoms with van der Waals surface area (Å²) in [7, 11) is 4.14. The molecule has 2 aliphatic carbocycles. The van der Waals surface area contributed by atoms with E-state index in [0.29, 0.717) is 48.6 Å². The van der Waals surface area contributed by atoms with Crippen LogP contribution in [0.25, 0.3) is 0 Å². The van der Waals surface area contributed by atoms with Crippen LogP contribution in [0, 0.1) is 17.2 Å². The third kappa shape index (κ3) is 5.80. The Bertz CT molecular complexity index is 1550. The lowest BCUT2D eigenvalue weighted by Crippen LogP contribution is -2.51. The molecule has 0 spiro atoms. The predicted octanol–water partition coefficient (Wildman–Crippen LogP) is 3.88. The van der Waals surface area contributed by atoms with Gasteiger partial charge in [-0.15, -0.1) is 0 Å². The normalized spacial score (nSPS) is 23.5. The van der Waals surface area contributed by atoms with E-state index >= 15 is 0 Å². The molecule has 1 saturated carbocycles. The van der Waals surface area contributed by atoms with E-state index in [9.17, 15) is 19.8 Å². The largest absolute Gasteiger partial charge is 0.377 e. The monoisotopic (exact) mass is 594 g/mol. The number of nitrogens with two attached hydrogens (primary N) is 1. The molecule has 2 aromatic rings. The van der Waals surface area contributed by atoms with Gasteiger partial charge in [-0.25, -0.2) is 0 Å². The maximum atomic E-state index is 13.4. The number of nitrogens with zero attached hydrogens (tertiary/aromatic N) is 3. The molecule has 3 atom stereocenters. The van der Waals surface area contributed by atoms with Gasteiger partial charge in [-0.3, -0.25) is 14.4 Å². The quantitative estimate of drug-likeness (QED) is 0.449. The number of amides is 3. The maximum absolute atomic E-state index is 13.4. The number of benzene rings is 2. The Hall–Kier alpha value is -4.24. The summed E-state index contributed by atoms with van der Waals surface area (Å²) in [5.41, 5.74) is 11.7. The molecule has 3 unspecified atom stereocenters. The van der Waals surface area contributed by atoms with Crippen molar-refractivity contribution in [2.75, 3.05) is 52.1 Å². The van der Waals surface area contributed by atoms with Gasteiger partial charge in [0.15, 0.2) is 0 Å². The minimum atomic E-state index is -0.563. The Morgan fingerprint density at radius 3 is 2.27 bits per heavy atom. The van der Waals surface area contributed by atoms with Crippen molar-refractivity contribution in [3.05, 3.63) is 88.0 Å². The number of hydrogen-bond acceptors (Lipinski definition) is 6. The highest BCUT2D eigenvalue weighted by molar-refractivity contribution is 6.16. The molecule has 0 aromatic heterocycles. The van der Waals surface area contributed by atoms with Crippen molar-refractivity contribution in [2.45, 2.75) is 38.1 Å². The highest BCUT2D eigenvalue weighted by Crippen LogP contribution is 2.42. The van der Waals surface area contributed by atoms with Gasteiger partial charge in [0.05, 0.1) is 23.2 Å². The molecule has 0 bridgehead atoms. The van der Waals surface area contributed by atoms with Crippen LogP contribution in [0.15, 0.2) is 65.8 Å². The van der Waals surface area contributed by atoms with Crippen LogP contribution in [0.2, 0.25) is 0 Å². The topological polar surface area (TPSA) is 123 Å². The van der Waals surface area contributed by atoms with Crippen LogP contribution in [0.4, 0.5) is 5.69 Å². The standard InChI is InChI=1S/C35H42N6O3/c1-21-19-22(20-39(2)3)7-14-26(21)32-29(31(36)30-27(33(37)42)5-4-6-28(30)38-32)23-8-10-24(11-9-23)34(43)40-15-17-41(18-16-40)35(44)25-12-13-25/h4-11,14,21,25,29,32,36,38H,12-13,15-20H2,1-3H3,(H2,37,42). The van der Waals surface area contributed by atoms with Gasteiger partial charge in [-0.1, -0.05) is 42.8 Å². The van der Waals surface area contributed by atoms with Crippen molar-refractivity contribution in [3.8, 4) is 0 Å². The Balaban J connectivity index is 1.28. The molecule has 2 aromatic carbocycles. The summed E-state index contributed by atoms with van der Waals surface area (Å²) in [6.07, 6.45) is 7.30. The van der Waals surface area contributed by atoms with Crippen LogP contribution in [0.1, 0.15) is 63.9 Å². The van der Waals surface area contributed by atoms with Crippen LogP contribution in [-0.4, -0.2) is 91.0 Å². The summed E-state index contributed by atoms with van der Waals surface area (Å²) in [5.74, 6) is -0.320. The molecule has 9 heteroatoms. The maximum Gasteiger partial charge on any atom is 0.253 e. The van der Waals surface area contributed by atoms with Crippen molar-refractivity contribution in [1.82, 2.24) is 14.7 Å². The van der Waals surface area contributed by atoms with Crippen LogP contribution in [0.5, 0.6) is 0 Å². The second kappa shape index (κ2) is 12.0. The van der Waals surface area contributed by atoms with E-state index in [1.54, 1.807) is 12.1 Å². The van der Waals surface area contributed by atoms with E-state index in [-0.39, 0.29) is 35.6 Å². The predicted molar refractivity (Wildman–Crippen MR) is 172 cm³/mol. The van der Waals surface area contributed by atoms with E-state index in [0.717, 1.165) is 37.1 Å². The summed E-state index contributed by atoms with van der Waals surface area (Å²) in [6.45, 7) is 5.33. The van der Waals surface area contributed by atoms with Crippen LogP contribution in [-0.2, 0) is 4.79 Å². The zero-order valence-electron chi connectivity index (χ0n) is 25.8. The molecular weight excluding hydrogens is 552 g/mol. The molecule has 1 saturated heterocycles. The molecule has 4 N–H and O–H groups in total. The Morgan fingerprint density at radius 2 is 1.66 bits per heavy atom. The number of carbonyl (C=O) groups excluding carboxylic acids is 3. The first-order valence-electron chi connectivity index (χ1n) is 15.6. The van der Waals surface area contributed by atoms with E-state index in [1.807, 2.05) is 40.1 Å². The average Bonchev–Trinajstić information content (AvgIpc) is 3.86. The third-order valence-electron chi connectivity index (χ3n) is 9.40. The van der Waals surface area contributed by atoms with Gasteiger partial charge < -0.3 is 31.2 Å². The fourth-order valence-corrected chi connectivity index (χ4v) is 7.00. The molecule has 2 fully saturated rings. The lowest BCUT2D eigenvalue weighted by Gasteiger charge is -2.40. The SMILES string of the molecule is CC1CC(CN(C)C)=CC=C1C1Nc2cccc(C(N)=O)c2C(=N)C1c1ccc(C(=O)N2CCN(C(=O)C3CC3)CC2)cc1. The first-order chi connectivity index (χ1) is 21.1. The molecule has 3 amide bonds. The average molecular weight is 595 g/mol. The molecule has 4 aliphatic rings. The molecular formula is C35H42N6O3. The lowest BCUT2D eigenvalue weighted by molar-refractivity contribution is -0.134. The van der Waals surface area contributed by atoms with Gasteiger partial charge in [0.25, 0.3) is 5.91 Å². The zero-order chi connectivity index (χ0) is 31.1. The molecule has 2 heterocycles. The first kappa shape index (κ1) is 29.8. The van der Waals surface area contributed by atoms with Crippen molar-refractivity contribution in [2.24, 2.45) is 17.6 Å². The van der Waals surface area contributed by atoms with Gasteiger partial charge in [0.2, 0.25) is 11.8 Å².